The summed E-state index contributed by atoms with van der Waals surface area (Å²) in [4.78, 5) is 30.5. The fourth-order valence-corrected chi connectivity index (χ4v) is 8.29. The van der Waals surface area contributed by atoms with Crippen LogP contribution in [0.1, 0.15) is 43.2 Å². The Labute approximate surface area is 210 Å². The molecule has 5 aliphatic rings. The first kappa shape index (κ1) is 22.9. The number of carbonyl (C=O) groups is 1. The van der Waals surface area contributed by atoms with E-state index in [0.717, 1.165) is 45.4 Å². The minimum atomic E-state index is -0.801. The molecule has 7 nitrogen and oxygen atoms in total. The summed E-state index contributed by atoms with van der Waals surface area (Å²) in [5, 5.41) is 15.0. The van der Waals surface area contributed by atoms with Gasteiger partial charge in [0.25, 0.3) is 5.56 Å². The molecular formula is C27H33ClN4O3. The third kappa shape index (κ3) is 3.57. The Morgan fingerprint density at radius 2 is 1.66 bits per heavy atom. The largest absolute Gasteiger partial charge is 0.481 e. The number of anilines is 2. The van der Waals surface area contributed by atoms with E-state index in [1.54, 1.807) is 6.20 Å². The number of piperazine rings is 1. The van der Waals surface area contributed by atoms with Crippen LogP contribution in [-0.2, 0) is 10.3 Å². The molecule has 3 unspecified atom stereocenters. The first-order chi connectivity index (χ1) is 16.8. The van der Waals surface area contributed by atoms with E-state index in [1.807, 2.05) is 0 Å². The van der Waals surface area contributed by atoms with Crippen molar-refractivity contribution in [1.82, 2.24) is 9.78 Å². The minimum Gasteiger partial charge on any atom is -0.481 e. The van der Waals surface area contributed by atoms with Crippen molar-refractivity contribution in [1.29, 1.82) is 0 Å². The predicted octanol–water partition coefficient (Wildman–Crippen LogP) is 4.08. The molecule has 0 amide bonds. The van der Waals surface area contributed by atoms with Gasteiger partial charge in [-0.05, 0) is 75.3 Å². The number of carboxylic acids is 1. The molecule has 7 rings (SSSR count). The molecule has 3 atom stereocenters. The number of aromatic nitrogens is 2. The Bertz CT molecular complexity index is 1220. The standard InChI is InChI=1S/C27H33ClN4O3/c1-16-3-4-21(17(2)9-16)30-5-7-31(8-6-30)22-15-29-32(25(33)24(22)28)27-13-18-10-19(14-27)12-20(11-18)23(27)26(34)35/h3-4,9,15,18-20,23H,5-8,10-14H2,1-2H3,(H,34,35). The van der Waals surface area contributed by atoms with Crippen LogP contribution in [0, 0.1) is 37.5 Å². The molecular weight excluding hydrogens is 464 g/mol. The smallest absolute Gasteiger partial charge is 0.309 e. The molecule has 4 bridgehead atoms. The van der Waals surface area contributed by atoms with E-state index in [9.17, 15) is 14.7 Å². The average molecular weight is 497 g/mol. The number of aryl methyl sites for hydroxylation is 2. The van der Waals surface area contributed by atoms with Gasteiger partial charge in [-0.25, -0.2) is 4.68 Å². The van der Waals surface area contributed by atoms with E-state index in [1.165, 1.54) is 21.5 Å². The first-order valence-corrected chi connectivity index (χ1v) is 13.2. The molecule has 1 saturated heterocycles. The number of rotatable bonds is 4. The van der Waals surface area contributed by atoms with Gasteiger partial charge in [0, 0.05) is 31.9 Å². The lowest BCUT2D eigenvalue weighted by Gasteiger charge is -2.59. The molecule has 2 aromatic rings. The van der Waals surface area contributed by atoms with Gasteiger partial charge in [0.1, 0.15) is 5.02 Å². The van der Waals surface area contributed by atoms with Gasteiger partial charge in [0.15, 0.2) is 0 Å². The number of benzene rings is 1. The molecule has 186 valence electrons. The van der Waals surface area contributed by atoms with Crippen LogP contribution in [-0.4, -0.2) is 47.0 Å². The molecule has 8 heteroatoms. The lowest BCUT2D eigenvalue weighted by Crippen LogP contribution is -2.63. The normalized spacial score (nSPS) is 31.7. The van der Waals surface area contributed by atoms with E-state index in [2.05, 4.69) is 46.9 Å². The van der Waals surface area contributed by atoms with Crippen LogP contribution < -0.4 is 15.4 Å². The molecule has 1 aliphatic heterocycles. The number of aliphatic carboxylic acids is 1. The lowest BCUT2D eigenvalue weighted by atomic mass is 9.48. The molecule has 35 heavy (non-hydrogen) atoms. The highest BCUT2D eigenvalue weighted by atomic mass is 35.5. The van der Waals surface area contributed by atoms with Crippen molar-refractivity contribution in [3.63, 3.8) is 0 Å². The van der Waals surface area contributed by atoms with Gasteiger partial charge in [0.2, 0.25) is 0 Å². The van der Waals surface area contributed by atoms with E-state index in [0.29, 0.717) is 30.4 Å². The fourth-order valence-electron chi connectivity index (χ4n) is 8.04. The van der Waals surface area contributed by atoms with E-state index in [-0.39, 0.29) is 16.5 Å². The SMILES string of the molecule is Cc1ccc(N2CCN(c3cnn(C45CC6CC(CC(C6)C4C(=O)O)C5)c(=O)c3Cl)CC2)c(C)c1. The fraction of sp³-hybridized carbons (Fsp3) is 0.593. The molecule has 0 spiro atoms. The Balaban J connectivity index is 1.27. The lowest BCUT2D eigenvalue weighted by molar-refractivity contribution is -0.168. The number of nitrogens with zero attached hydrogens (tertiary/aromatic N) is 4. The summed E-state index contributed by atoms with van der Waals surface area (Å²) in [5.74, 6) is -0.278. The van der Waals surface area contributed by atoms with Gasteiger partial charge in [0.05, 0.1) is 23.3 Å². The highest BCUT2D eigenvalue weighted by Gasteiger charge is 2.61. The van der Waals surface area contributed by atoms with E-state index >= 15 is 0 Å². The Kier molecular flexibility index (Phi) is 5.40. The van der Waals surface area contributed by atoms with Crippen LogP contribution in [0.15, 0.2) is 29.2 Å². The maximum absolute atomic E-state index is 13.6. The monoisotopic (exact) mass is 496 g/mol. The maximum atomic E-state index is 13.6. The zero-order valence-corrected chi connectivity index (χ0v) is 21.2. The van der Waals surface area contributed by atoms with Crippen LogP contribution in [0.2, 0.25) is 5.02 Å². The highest BCUT2D eigenvalue weighted by Crippen LogP contribution is 2.61. The number of halogens is 1. The maximum Gasteiger partial charge on any atom is 0.309 e. The Hall–Kier alpha value is -2.54. The van der Waals surface area contributed by atoms with Gasteiger partial charge < -0.3 is 14.9 Å². The van der Waals surface area contributed by atoms with Crippen molar-refractivity contribution in [3.8, 4) is 0 Å². The Morgan fingerprint density at radius 3 is 2.26 bits per heavy atom. The Morgan fingerprint density at radius 1 is 1.03 bits per heavy atom. The third-order valence-corrected chi connectivity index (χ3v) is 9.53. The van der Waals surface area contributed by atoms with Crippen molar-refractivity contribution >= 4 is 28.9 Å². The summed E-state index contributed by atoms with van der Waals surface area (Å²) in [6, 6.07) is 6.53. The summed E-state index contributed by atoms with van der Waals surface area (Å²) in [7, 11) is 0. The van der Waals surface area contributed by atoms with E-state index < -0.39 is 17.4 Å². The third-order valence-electron chi connectivity index (χ3n) is 9.18. The molecule has 4 aliphatic carbocycles. The second-order valence-electron chi connectivity index (χ2n) is 11.4. The van der Waals surface area contributed by atoms with Crippen LogP contribution >= 0.6 is 11.6 Å². The zero-order valence-electron chi connectivity index (χ0n) is 20.4. The van der Waals surface area contributed by atoms with Crippen LogP contribution in [0.5, 0.6) is 0 Å². The van der Waals surface area contributed by atoms with Crippen LogP contribution in [0.25, 0.3) is 0 Å². The molecule has 1 aromatic heterocycles. The van der Waals surface area contributed by atoms with Crippen molar-refractivity contribution in [2.75, 3.05) is 36.0 Å². The minimum absolute atomic E-state index is 0.129. The first-order valence-electron chi connectivity index (χ1n) is 12.8. The second-order valence-corrected chi connectivity index (χ2v) is 11.7. The molecule has 4 saturated carbocycles. The van der Waals surface area contributed by atoms with E-state index in [4.69, 9.17) is 11.6 Å². The quantitative estimate of drug-likeness (QED) is 0.687. The predicted molar refractivity (Wildman–Crippen MR) is 137 cm³/mol. The summed E-state index contributed by atoms with van der Waals surface area (Å²) in [6.07, 6.45) is 6.20. The topological polar surface area (TPSA) is 78.7 Å². The summed E-state index contributed by atoms with van der Waals surface area (Å²) >= 11 is 6.72. The average Bonchev–Trinajstić information content (AvgIpc) is 2.80. The molecule has 0 radical (unpaired) electrons. The molecule has 1 N–H and O–H groups in total. The molecule has 2 heterocycles. The zero-order chi connectivity index (χ0) is 24.5. The summed E-state index contributed by atoms with van der Waals surface area (Å²) in [5.41, 5.74) is 3.34. The van der Waals surface area contributed by atoms with Crippen molar-refractivity contribution in [3.05, 3.63) is 50.9 Å². The highest BCUT2D eigenvalue weighted by molar-refractivity contribution is 6.33. The van der Waals surface area contributed by atoms with Gasteiger partial charge in [-0.2, -0.15) is 5.10 Å². The second kappa shape index (κ2) is 8.26. The molecule has 1 aromatic carbocycles. The summed E-state index contributed by atoms with van der Waals surface area (Å²) < 4.78 is 1.48. The number of hydrogen-bond donors (Lipinski definition) is 1. The van der Waals surface area contributed by atoms with Crippen molar-refractivity contribution < 1.29 is 9.90 Å². The van der Waals surface area contributed by atoms with Gasteiger partial charge in [-0.15, -0.1) is 0 Å². The molecule has 5 fully saturated rings. The van der Waals surface area contributed by atoms with Crippen molar-refractivity contribution in [2.45, 2.75) is 51.5 Å². The van der Waals surface area contributed by atoms with Gasteiger partial charge >= 0.3 is 5.97 Å². The van der Waals surface area contributed by atoms with Gasteiger partial charge in [-0.3, -0.25) is 9.59 Å². The number of hydrogen-bond acceptors (Lipinski definition) is 5. The van der Waals surface area contributed by atoms with Crippen LogP contribution in [0.4, 0.5) is 11.4 Å². The van der Waals surface area contributed by atoms with Crippen LogP contribution in [0.3, 0.4) is 0 Å². The number of carboxylic acid groups (broad SMARTS) is 1. The summed E-state index contributed by atoms with van der Waals surface area (Å²) in [6.45, 7) is 7.40. The van der Waals surface area contributed by atoms with Crippen molar-refractivity contribution in [2.24, 2.45) is 23.7 Å². The van der Waals surface area contributed by atoms with Gasteiger partial charge in [-0.1, -0.05) is 29.3 Å².